The molecule has 17 heavy (non-hydrogen) atoms. The van der Waals surface area contributed by atoms with E-state index in [4.69, 9.17) is 5.84 Å². The third-order valence-corrected chi connectivity index (χ3v) is 3.46. The molecule has 5 heteroatoms. The molecule has 0 aliphatic rings. The first-order valence-corrected chi connectivity index (χ1v) is 5.89. The SMILES string of the molecule is CCC(C)(C)N(C)c1nc(C)nc(NN)c1C. The Labute approximate surface area is 103 Å². The van der Waals surface area contributed by atoms with Gasteiger partial charge in [-0.1, -0.05) is 6.92 Å². The number of anilines is 2. The highest BCUT2D eigenvalue weighted by Crippen LogP contribution is 2.28. The van der Waals surface area contributed by atoms with Crippen LogP contribution in [0.25, 0.3) is 0 Å². The molecule has 1 heterocycles. The quantitative estimate of drug-likeness (QED) is 0.619. The number of aromatic nitrogens is 2. The molecule has 0 saturated heterocycles. The number of nitrogens with one attached hydrogen (secondary N) is 1. The van der Waals surface area contributed by atoms with Gasteiger partial charge < -0.3 is 10.3 Å². The third kappa shape index (κ3) is 2.66. The van der Waals surface area contributed by atoms with Gasteiger partial charge in [0.25, 0.3) is 0 Å². The molecule has 0 aromatic carbocycles. The van der Waals surface area contributed by atoms with Crippen molar-refractivity contribution in [2.75, 3.05) is 17.4 Å². The van der Waals surface area contributed by atoms with Gasteiger partial charge in [0, 0.05) is 18.2 Å². The van der Waals surface area contributed by atoms with E-state index in [1.807, 2.05) is 13.8 Å². The van der Waals surface area contributed by atoms with Crippen LogP contribution in [0.5, 0.6) is 0 Å². The highest BCUT2D eigenvalue weighted by molar-refractivity contribution is 5.58. The number of hydrogen-bond donors (Lipinski definition) is 2. The molecule has 0 saturated carbocycles. The standard InChI is InChI=1S/C12H23N5/c1-7-12(4,5)17(6)11-8(2)10(16-13)14-9(3)15-11/h7,13H2,1-6H3,(H,14,15,16). The second-order valence-electron chi connectivity index (χ2n) is 4.94. The lowest BCUT2D eigenvalue weighted by atomic mass is 9.99. The average molecular weight is 237 g/mol. The number of nitrogen functional groups attached to an aromatic ring is 1. The zero-order valence-corrected chi connectivity index (χ0v) is 11.6. The molecule has 96 valence electrons. The van der Waals surface area contributed by atoms with E-state index in [1.54, 1.807) is 0 Å². The summed E-state index contributed by atoms with van der Waals surface area (Å²) in [5, 5.41) is 0. The van der Waals surface area contributed by atoms with Crippen LogP contribution < -0.4 is 16.2 Å². The Hall–Kier alpha value is -1.36. The van der Waals surface area contributed by atoms with Gasteiger partial charge >= 0.3 is 0 Å². The van der Waals surface area contributed by atoms with Crippen molar-refractivity contribution in [3.63, 3.8) is 0 Å². The molecule has 3 N–H and O–H groups in total. The number of hydrazine groups is 1. The van der Waals surface area contributed by atoms with Gasteiger partial charge in [0.05, 0.1) is 0 Å². The molecule has 1 rings (SSSR count). The van der Waals surface area contributed by atoms with Gasteiger partial charge in [-0.15, -0.1) is 0 Å². The Bertz CT molecular complexity index is 400. The zero-order valence-electron chi connectivity index (χ0n) is 11.6. The van der Waals surface area contributed by atoms with Crippen molar-refractivity contribution in [1.29, 1.82) is 0 Å². The van der Waals surface area contributed by atoms with Crippen LogP contribution in [0.1, 0.15) is 38.6 Å². The summed E-state index contributed by atoms with van der Waals surface area (Å²) in [6, 6.07) is 0. The van der Waals surface area contributed by atoms with E-state index in [-0.39, 0.29) is 5.54 Å². The summed E-state index contributed by atoms with van der Waals surface area (Å²) >= 11 is 0. The molecule has 0 fully saturated rings. The second kappa shape index (κ2) is 4.87. The van der Waals surface area contributed by atoms with Crippen LogP contribution in [0.4, 0.5) is 11.6 Å². The largest absolute Gasteiger partial charge is 0.354 e. The first kappa shape index (κ1) is 13.7. The van der Waals surface area contributed by atoms with Crippen molar-refractivity contribution in [3.05, 3.63) is 11.4 Å². The predicted molar refractivity (Wildman–Crippen MR) is 72.1 cm³/mol. The molecule has 0 spiro atoms. The molecule has 1 aromatic rings. The van der Waals surface area contributed by atoms with E-state index in [1.165, 1.54) is 0 Å². The summed E-state index contributed by atoms with van der Waals surface area (Å²) in [5.41, 5.74) is 3.65. The molecule has 0 amide bonds. The minimum Gasteiger partial charge on any atom is -0.354 e. The number of rotatable bonds is 4. The lowest BCUT2D eigenvalue weighted by molar-refractivity contribution is 0.466. The molecular formula is C12H23N5. The van der Waals surface area contributed by atoms with E-state index >= 15 is 0 Å². The van der Waals surface area contributed by atoms with Crippen molar-refractivity contribution in [2.24, 2.45) is 5.84 Å². The Kier molecular flexibility index (Phi) is 3.93. The predicted octanol–water partition coefficient (Wildman–Crippen LogP) is 2.00. The molecule has 1 aromatic heterocycles. The first-order chi connectivity index (χ1) is 7.83. The van der Waals surface area contributed by atoms with Crippen LogP contribution in [0.3, 0.4) is 0 Å². The van der Waals surface area contributed by atoms with Gasteiger partial charge in [-0.05, 0) is 34.1 Å². The van der Waals surface area contributed by atoms with Crippen molar-refractivity contribution in [3.8, 4) is 0 Å². The van der Waals surface area contributed by atoms with Gasteiger partial charge in [-0.3, -0.25) is 0 Å². The van der Waals surface area contributed by atoms with Crippen LogP contribution in [0.2, 0.25) is 0 Å². The monoisotopic (exact) mass is 237 g/mol. The maximum atomic E-state index is 5.47. The van der Waals surface area contributed by atoms with E-state index in [0.717, 1.165) is 23.6 Å². The Morgan fingerprint density at radius 2 is 1.88 bits per heavy atom. The smallest absolute Gasteiger partial charge is 0.148 e. The first-order valence-electron chi connectivity index (χ1n) is 5.89. The zero-order chi connectivity index (χ0) is 13.2. The highest BCUT2D eigenvalue weighted by Gasteiger charge is 2.25. The van der Waals surface area contributed by atoms with Gasteiger partial charge in [0.1, 0.15) is 17.5 Å². The van der Waals surface area contributed by atoms with Crippen LogP contribution in [-0.2, 0) is 0 Å². The van der Waals surface area contributed by atoms with Crippen LogP contribution >= 0.6 is 0 Å². The molecule has 0 bridgehead atoms. The van der Waals surface area contributed by atoms with Crippen molar-refractivity contribution in [1.82, 2.24) is 9.97 Å². The summed E-state index contributed by atoms with van der Waals surface area (Å²) in [6.07, 6.45) is 1.04. The lowest BCUT2D eigenvalue weighted by Gasteiger charge is -2.37. The Morgan fingerprint density at radius 1 is 1.29 bits per heavy atom. The van der Waals surface area contributed by atoms with Gasteiger partial charge in [-0.25, -0.2) is 15.8 Å². The molecule has 0 aliphatic heterocycles. The fourth-order valence-corrected chi connectivity index (χ4v) is 1.60. The number of nitrogens with zero attached hydrogens (tertiary/aromatic N) is 3. The van der Waals surface area contributed by atoms with Crippen molar-refractivity contribution < 1.29 is 0 Å². The van der Waals surface area contributed by atoms with E-state index in [2.05, 4.69) is 48.1 Å². The molecular weight excluding hydrogens is 214 g/mol. The lowest BCUT2D eigenvalue weighted by Crippen LogP contribution is -2.41. The van der Waals surface area contributed by atoms with Crippen LogP contribution in [0.15, 0.2) is 0 Å². The third-order valence-electron chi connectivity index (χ3n) is 3.46. The molecule has 0 aliphatic carbocycles. The summed E-state index contributed by atoms with van der Waals surface area (Å²) in [6.45, 7) is 10.4. The van der Waals surface area contributed by atoms with E-state index in [9.17, 15) is 0 Å². The Morgan fingerprint density at radius 3 is 2.35 bits per heavy atom. The molecule has 0 atom stereocenters. The number of aryl methyl sites for hydroxylation is 1. The van der Waals surface area contributed by atoms with E-state index in [0.29, 0.717) is 5.82 Å². The summed E-state index contributed by atoms with van der Waals surface area (Å²) in [5.74, 6) is 7.81. The fraction of sp³-hybridized carbons (Fsp3) is 0.667. The van der Waals surface area contributed by atoms with E-state index < -0.39 is 0 Å². The summed E-state index contributed by atoms with van der Waals surface area (Å²) in [7, 11) is 2.05. The van der Waals surface area contributed by atoms with Gasteiger partial charge in [0.2, 0.25) is 0 Å². The fourth-order valence-electron chi connectivity index (χ4n) is 1.60. The summed E-state index contributed by atoms with van der Waals surface area (Å²) < 4.78 is 0. The Balaban J connectivity index is 3.26. The highest BCUT2D eigenvalue weighted by atomic mass is 15.3. The van der Waals surface area contributed by atoms with Gasteiger partial charge in [-0.2, -0.15) is 0 Å². The molecule has 5 nitrogen and oxygen atoms in total. The van der Waals surface area contributed by atoms with Crippen LogP contribution in [0, 0.1) is 13.8 Å². The number of nitrogens with two attached hydrogens (primary N) is 1. The second-order valence-corrected chi connectivity index (χ2v) is 4.94. The normalized spacial score (nSPS) is 11.5. The van der Waals surface area contributed by atoms with Crippen molar-refractivity contribution >= 4 is 11.6 Å². The average Bonchev–Trinajstić information content (AvgIpc) is 2.30. The minimum atomic E-state index is 0.0530. The maximum absolute atomic E-state index is 5.47. The van der Waals surface area contributed by atoms with Crippen molar-refractivity contribution in [2.45, 2.75) is 46.6 Å². The van der Waals surface area contributed by atoms with Crippen LogP contribution in [-0.4, -0.2) is 22.6 Å². The number of hydrogen-bond acceptors (Lipinski definition) is 5. The molecule has 0 unspecified atom stereocenters. The minimum absolute atomic E-state index is 0.0530. The van der Waals surface area contributed by atoms with Gasteiger partial charge in [0.15, 0.2) is 0 Å². The molecule has 0 radical (unpaired) electrons. The maximum Gasteiger partial charge on any atom is 0.148 e. The topological polar surface area (TPSA) is 67.1 Å². The summed E-state index contributed by atoms with van der Waals surface area (Å²) in [4.78, 5) is 11.0.